The predicted octanol–water partition coefficient (Wildman–Crippen LogP) is 4.48. The van der Waals surface area contributed by atoms with E-state index in [4.69, 9.17) is 4.74 Å². The SMILES string of the molecule is CCOc1ccc(C(O)CC2CCCCCC2)cc1. The molecule has 0 aliphatic heterocycles. The van der Waals surface area contributed by atoms with E-state index in [9.17, 15) is 5.11 Å². The maximum Gasteiger partial charge on any atom is 0.119 e. The smallest absolute Gasteiger partial charge is 0.119 e. The van der Waals surface area contributed by atoms with E-state index in [1.54, 1.807) is 0 Å². The molecule has 0 radical (unpaired) electrons. The van der Waals surface area contributed by atoms with Crippen LogP contribution in [0.25, 0.3) is 0 Å². The Labute approximate surface area is 116 Å². The van der Waals surface area contributed by atoms with Crippen LogP contribution in [0.2, 0.25) is 0 Å². The van der Waals surface area contributed by atoms with E-state index >= 15 is 0 Å². The zero-order valence-electron chi connectivity index (χ0n) is 12.0. The Morgan fingerprint density at radius 3 is 2.32 bits per heavy atom. The molecule has 1 aromatic rings. The van der Waals surface area contributed by atoms with Gasteiger partial charge in [0, 0.05) is 0 Å². The quantitative estimate of drug-likeness (QED) is 0.793. The summed E-state index contributed by atoms with van der Waals surface area (Å²) >= 11 is 0. The van der Waals surface area contributed by atoms with Crippen LogP contribution in [0.15, 0.2) is 24.3 Å². The zero-order chi connectivity index (χ0) is 13.5. The van der Waals surface area contributed by atoms with Gasteiger partial charge in [-0.25, -0.2) is 0 Å². The highest BCUT2D eigenvalue weighted by atomic mass is 16.5. The molecule has 1 atom stereocenters. The van der Waals surface area contributed by atoms with E-state index in [0.717, 1.165) is 17.7 Å². The zero-order valence-corrected chi connectivity index (χ0v) is 12.0. The lowest BCUT2D eigenvalue weighted by Gasteiger charge is -2.19. The van der Waals surface area contributed by atoms with Crippen LogP contribution in [0, 0.1) is 5.92 Å². The van der Waals surface area contributed by atoms with E-state index in [1.165, 1.54) is 38.5 Å². The molecule has 2 heteroatoms. The van der Waals surface area contributed by atoms with Crippen molar-refractivity contribution >= 4 is 0 Å². The van der Waals surface area contributed by atoms with Gasteiger partial charge in [0.05, 0.1) is 12.7 Å². The first-order valence-electron chi connectivity index (χ1n) is 7.70. The standard InChI is InChI=1S/C17H26O2/c1-2-19-16-11-9-15(10-12-16)17(18)13-14-7-5-3-4-6-8-14/h9-12,14,17-18H,2-8,13H2,1H3. The van der Waals surface area contributed by atoms with Gasteiger partial charge in [-0.2, -0.15) is 0 Å². The van der Waals surface area contributed by atoms with Gasteiger partial charge in [-0.1, -0.05) is 50.7 Å². The van der Waals surface area contributed by atoms with Gasteiger partial charge < -0.3 is 9.84 Å². The first kappa shape index (κ1) is 14.4. The van der Waals surface area contributed by atoms with Crippen LogP contribution in [-0.2, 0) is 0 Å². The molecule has 1 unspecified atom stereocenters. The lowest BCUT2D eigenvalue weighted by molar-refractivity contribution is 0.139. The average molecular weight is 262 g/mol. The fourth-order valence-electron chi connectivity index (χ4n) is 3.00. The third-order valence-electron chi connectivity index (χ3n) is 4.11. The Morgan fingerprint density at radius 1 is 1.11 bits per heavy atom. The van der Waals surface area contributed by atoms with Crippen molar-refractivity contribution in [3.63, 3.8) is 0 Å². The molecule has 106 valence electrons. The second-order valence-electron chi connectivity index (χ2n) is 5.61. The number of ether oxygens (including phenoxy) is 1. The topological polar surface area (TPSA) is 29.5 Å². The molecule has 19 heavy (non-hydrogen) atoms. The summed E-state index contributed by atoms with van der Waals surface area (Å²) in [4.78, 5) is 0. The van der Waals surface area contributed by atoms with Crippen molar-refractivity contribution in [2.75, 3.05) is 6.61 Å². The highest BCUT2D eigenvalue weighted by Gasteiger charge is 2.17. The molecule has 0 aromatic heterocycles. The minimum Gasteiger partial charge on any atom is -0.494 e. The minimum absolute atomic E-state index is 0.321. The fraction of sp³-hybridized carbons (Fsp3) is 0.647. The van der Waals surface area contributed by atoms with Crippen molar-refractivity contribution < 1.29 is 9.84 Å². The number of rotatable bonds is 5. The molecule has 2 nitrogen and oxygen atoms in total. The molecule has 0 amide bonds. The van der Waals surface area contributed by atoms with Crippen LogP contribution in [0.3, 0.4) is 0 Å². The second-order valence-corrected chi connectivity index (χ2v) is 5.61. The molecule has 2 rings (SSSR count). The predicted molar refractivity (Wildman–Crippen MR) is 78.4 cm³/mol. The molecule has 1 N–H and O–H groups in total. The van der Waals surface area contributed by atoms with Crippen LogP contribution in [0.1, 0.15) is 63.5 Å². The maximum atomic E-state index is 10.3. The van der Waals surface area contributed by atoms with Crippen LogP contribution < -0.4 is 4.74 Å². The fourth-order valence-corrected chi connectivity index (χ4v) is 3.00. The molecule has 1 fully saturated rings. The summed E-state index contributed by atoms with van der Waals surface area (Å²) in [6.07, 6.45) is 8.57. The second kappa shape index (κ2) is 7.54. The molecule has 1 saturated carbocycles. The summed E-state index contributed by atoms with van der Waals surface area (Å²) < 4.78 is 5.43. The molecule has 0 spiro atoms. The van der Waals surface area contributed by atoms with Crippen molar-refractivity contribution in [3.05, 3.63) is 29.8 Å². The molecular formula is C17H26O2. The van der Waals surface area contributed by atoms with Gasteiger partial charge in [0.1, 0.15) is 5.75 Å². The van der Waals surface area contributed by atoms with E-state index < -0.39 is 0 Å². The molecule has 0 heterocycles. The Morgan fingerprint density at radius 2 is 1.74 bits per heavy atom. The van der Waals surface area contributed by atoms with Gasteiger partial charge in [-0.3, -0.25) is 0 Å². The Hall–Kier alpha value is -1.02. The third-order valence-corrected chi connectivity index (χ3v) is 4.11. The number of aliphatic hydroxyl groups is 1. The van der Waals surface area contributed by atoms with Crippen LogP contribution in [0.5, 0.6) is 5.75 Å². The van der Waals surface area contributed by atoms with Gasteiger partial charge in [0.25, 0.3) is 0 Å². The molecule has 0 bridgehead atoms. The highest BCUT2D eigenvalue weighted by Crippen LogP contribution is 2.31. The van der Waals surface area contributed by atoms with Crippen LogP contribution in [0.4, 0.5) is 0 Å². The Bertz CT molecular complexity index is 350. The van der Waals surface area contributed by atoms with Crippen molar-refractivity contribution in [2.45, 2.75) is 58.0 Å². The number of aliphatic hydroxyl groups excluding tert-OH is 1. The summed E-state index contributed by atoms with van der Waals surface area (Å²) in [5, 5.41) is 10.3. The average Bonchev–Trinajstić information content (AvgIpc) is 2.68. The monoisotopic (exact) mass is 262 g/mol. The van der Waals surface area contributed by atoms with E-state index in [2.05, 4.69) is 0 Å². The molecule has 1 aliphatic rings. The van der Waals surface area contributed by atoms with Crippen molar-refractivity contribution in [1.29, 1.82) is 0 Å². The largest absolute Gasteiger partial charge is 0.494 e. The molecule has 1 aromatic carbocycles. The molecule has 0 saturated heterocycles. The lowest BCUT2D eigenvalue weighted by Crippen LogP contribution is -2.07. The minimum atomic E-state index is -0.321. The summed E-state index contributed by atoms with van der Waals surface area (Å²) in [5.41, 5.74) is 1.02. The van der Waals surface area contributed by atoms with E-state index in [0.29, 0.717) is 12.5 Å². The van der Waals surface area contributed by atoms with Crippen LogP contribution >= 0.6 is 0 Å². The van der Waals surface area contributed by atoms with E-state index in [-0.39, 0.29) is 6.10 Å². The summed E-state index contributed by atoms with van der Waals surface area (Å²) in [6.45, 7) is 2.67. The lowest BCUT2D eigenvalue weighted by atomic mass is 9.91. The number of hydrogen-bond acceptors (Lipinski definition) is 2. The Balaban J connectivity index is 1.89. The third kappa shape index (κ3) is 4.54. The van der Waals surface area contributed by atoms with Crippen molar-refractivity contribution in [1.82, 2.24) is 0 Å². The Kier molecular flexibility index (Phi) is 5.71. The normalized spacial score (nSPS) is 18.8. The van der Waals surface area contributed by atoms with Crippen molar-refractivity contribution in [3.8, 4) is 5.75 Å². The number of benzene rings is 1. The first-order valence-corrected chi connectivity index (χ1v) is 7.70. The number of hydrogen-bond donors (Lipinski definition) is 1. The van der Waals surface area contributed by atoms with E-state index in [1.807, 2.05) is 31.2 Å². The molecular weight excluding hydrogens is 236 g/mol. The van der Waals surface area contributed by atoms with Gasteiger partial charge in [0.2, 0.25) is 0 Å². The van der Waals surface area contributed by atoms with Gasteiger partial charge in [-0.15, -0.1) is 0 Å². The summed E-state index contributed by atoms with van der Waals surface area (Å²) in [6, 6.07) is 7.89. The first-order chi connectivity index (χ1) is 9.29. The maximum absolute atomic E-state index is 10.3. The van der Waals surface area contributed by atoms with Crippen LogP contribution in [-0.4, -0.2) is 11.7 Å². The van der Waals surface area contributed by atoms with Gasteiger partial charge >= 0.3 is 0 Å². The highest BCUT2D eigenvalue weighted by molar-refractivity contribution is 5.28. The summed E-state index contributed by atoms with van der Waals surface area (Å²) in [5.74, 6) is 1.58. The van der Waals surface area contributed by atoms with Gasteiger partial charge in [0.15, 0.2) is 0 Å². The van der Waals surface area contributed by atoms with Gasteiger partial charge in [-0.05, 0) is 37.0 Å². The summed E-state index contributed by atoms with van der Waals surface area (Å²) in [7, 11) is 0. The van der Waals surface area contributed by atoms with Crippen molar-refractivity contribution in [2.24, 2.45) is 5.92 Å². The molecule has 1 aliphatic carbocycles.